The van der Waals surface area contributed by atoms with Gasteiger partial charge in [0.05, 0.1) is 0 Å². The van der Waals surface area contributed by atoms with Gasteiger partial charge >= 0.3 is 0 Å². The molecule has 0 fully saturated rings. The number of nitrogen functional groups attached to an aromatic ring is 1. The Hall–Kier alpha value is -0.730. The van der Waals surface area contributed by atoms with Crippen LogP contribution in [-0.4, -0.2) is 11.7 Å². The van der Waals surface area contributed by atoms with Crippen molar-refractivity contribution in [2.24, 2.45) is 0 Å². The topological polar surface area (TPSA) is 43.1 Å². The highest BCUT2D eigenvalue weighted by Crippen LogP contribution is 2.25. The largest absolute Gasteiger partial charge is 0.398 e. The van der Waals surface area contributed by atoms with Crippen molar-refractivity contribution in [2.45, 2.75) is 19.8 Å². The lowest BCUT2D eigenvalue weighted by Gasteiger charge is -2.08. The van der Waals surface area contributed by atoms with Crippen LogP contribution >= 0.6 is 23.2 Å². The van der Waals surface area contributed by atoms with Gasteiger partial charge < -0.3 is 5.73 Å². The van der Waals surface area contributed by atoms with Crippen LogP contribution in [0.1, 0.15) is 28.8 Å². The quantitative estimate of drug-likeness (QED) is 0.502. The van der Waals surface area contributed by atoms with Gasteiger partial charge in [0.1, 0.15) is 0 Å². The minimum absolute atomic E-state index is 0.0212. The second-order valence-electron chi connectivity index (χ2n) is 3.35. The fraction of sp³-hybridized carbons (Fsp3) is 0.364. The maximum absolute atomic E-state index is 11.7. The number of halogens is 2. The summed E-state index contributed by atoms with van der Waals surface area (Å²) in [5.41, 5.74) is 7.59. The Labute approximate surface area is 99.4 Å². The number of hydrogen-bond acceptors (Lipinski definition) is 2. The Morgan fingerprint density at radius 1 is 1.47 bits per heavy atom. The van der Waals surface area contributed by atoms with Crippen LogP contribution in [0, 0.1) is 6.92 Å². The van der Waals surface area contributed by atoms with E-state index in [0.717, 1.165) is 5.56 Å². The van der Waals surface area contributed by atoms with Crippen LogP contribution in [-0.2, 0) is 0 Å². The summed E-state index contributed by atoms with van der Waals surface area (Å²) in [6.07, 6.45) is 1.09. The van der Waals surface area contributed by atoms with E-state index in [1.54, 1.807) is 19.1 Å². The van der Waals surface area contributed by atoms with Crippen molar-refractivity contribution in [2.75, 3.05) is 11.6 Å². The number of carbonyl (C=O) groups excluding carboxylic acids is 1. The van der Waals surface area contributed by atoms with Crippen molar-refractivity contribution in [1.82, 2.24) is 0 Å². The molecule has 4 heteroatoms. The molecule has 1 rings (SSSR count). The van der Waals surface area contributed by atoms with Gasteiger partial charge in [0, 0.05) is 28.6 Å². The Bertz CT molecular complexity index is 377. The van der Waals surface area contributed by atoms with E-state index in [1.165, 1.54) is 0 Å². The number of anilines is 1. The molecular formula is C11H13Cl2NO. The van der Waals surface area contributed by atoms with Gasteiger partial charge in [-0.05, 0) is 31.0 Å². The lowest BCUT2D eigenvalue weighted by Crippen LogP contribution is -2.05. The van der Waals surface area contributed by atoms with Crippen LogP contribution in [0.25, 0.3) is 0 Å². The van der Waals surface area contributed by atoms with Gasteiger partial charge in [0.2, 0.25) is 0 Å². The van der Waals surface area contributed by atoms with Gasteiger partial charge in [-0.25, -0.2) is 0 Å². The van der Waals surface area contributed by atoms with E-state index in [4.69, 9.17) is 28.9 Å². The van der Waals surface area contributed by atoms with E-state index in [1.807, 2.05) is 0 Å². The fourth-order valence-electron chi connectivity index (χ4n) is 1.31. The summed E-state index contributed by atoms with van der Waals surface area (Å²) >= 11 is 11.4. The Balaban J connectivity index is 2.95. The molecule has 0 radical (unpaired) electrons. The van der Waals surface area contributed by atoms with Gasteiger partial charge in [-0.2, -0.15) is 0 Å². The van der Waals surface area contributed by atoms with Gasteiger partial charge in [-0.3, -0.25) is 4.79 Å². The number of Topliss-reactive ketones (excluding diaryl/α,β-unsaturated/α-hetero) is 1. The van der Waals surface area contributed by atoms with Crippen LogP contribution in [0.3, 0.4) is 0 Å². The number of carbonyl (C=O) groups is 1. The molecule has 15 heavy (non-hydrogen) atoms. The SMILES string of the molecule is Cc1c(Cl)ccc(C(=O)CCCCl)c1N. The summed E-state index contributed by atoms with van der Waals surface area (Å²) in [6, 6.07) is 3.36. The summed E-state index contributed by atoms with van der Waals surface area (Å²) in [5.74, 6) is 0.506. The molecule has 0 aromatic heterocycles. The molecule has 0 saturated carbocycles. The van der Waals surface area contributed by atoms with E-state index >= 15 is 0 Å². The van der Waals surface area contributed by atoms with Gasteiger partial charge in [0.25, 0.3) is 0 Å². The highest BCUT2D eigenvalue weighted by atomic mass is 35.5. The third-order valence-corrected chi connectivity index (χ3v) is 2.96. The highest BCUT2D eigenvalue weighted by Gasteiger charge is 2.12. The number of alkyl halides is 1. The molecule has 1 aromatic carbocycles. The molecule has 0 unspecified atom stereocenters. The second-order valence-corrected chi connectivity index (χ2v) is 4.13. The molecule has 0 bridgehead atoms. The zero-order valence-corrected chi connectivity index (χ0v) is 10.0. The van der Waals surface area contributed by atoms with Crippen LogP contribution in [0.2, 0.25) is 5.02 Å². The van der Waals surface area contributed by atoms with E-state index in [2.05, 4.69) is 0 Å². The first-order valence-corrected chi connectivity index (χ1v) is 5.63. The third-order valence-electron chi connectivity index (χ3n) is 2.29. The zero-order valence-electron chi connectivity index (χ0n) is 8.52. The Morgan fingerprint density at radius 3 is 2.73 bits per heavy atom. The number of benzene rings is 1. The molecule has 0 amide bonds. The van der Waals surface area contributed by atoms with Crippen molar-refractivity contribution < 1.29 is 4.79 Å². The molecule has 2 N–H and O–H groups in total. The highest BCUT2D eigenvalue weighted by molar-refractivity contribution is 6.32. The summed E-state index contributed by atoms with van der Waals surface area (Å²) in [6.45, 7) is 1.80. The van der Waals surface area contributed by atoms with Crippen LogP contribution in [0.5, 0.6) is 0 Å². The van der Waals surface area contributed by atoms with Gasteiger partial charge in [-0.15, -0.1) is 11.6 Å². The van der Waals surface area contributed by atoms with Crippen LogP contribution in [0.4, 0.5) is 5.69 Å². The molecule has 0 saturated heterocycles. The van der Waals surface area contributed by atoms with Gasteiger partial charge in [-0.1, -0.05) is 11.6 Å². The molecule has 1 aromatic rings. The first kappa shape index (κ1) is 12.3. The first-order valence-electron chi connectivity index (χ1n) is 4.71. The Morgan fingerprint density at radius 2 is 2.13 bits per heavy atom. The summed E-state index contributed by atoms with van der Waals surface area (Å²) in [4.78, 5) is 11.7. The molecule has 2 nitrogen and oxygen atoms in total. The first-order chi connectivity index (χ1) is 7.07. The number of rotatable bonds is 4. The van der Waals surface area contributed by atoms with Gasteiger partial charge in [0.15, 0.2) is 5.78 Å². The minimum Gasteiger partial charge on any atom is -0.398 e. The van der Waals surface area contributed by atoms with E-state index in [0.29, 0.717) is 35.0 Å². The van der Waals surface area contributed by atoms with Crippen molar-refractivity contribution in [3.63, 3.8) is 0 Å². The van der Waals surface area contributed by atoms with Crippen LogP contribution < -0.4 is 5.73 Å². The normalized spacial score (nSPS) is 10.3. The molecule has 0 aliphatic rings. The van der Waals surface area contributed by atoms with Crippen molar-refractivity contribution >= 4 is 34.7 Å². The van der Waals surface area contributed by atoms with E-state index < -0.39 is 0 Å². The predicted octanol–water partition coefficient (Wildman–Crippen LogP) is 3.43. The molecule has 0 atom stereocenters. The minimum atomic E-state index is 0.0212. The van der Waals surface area contributed by atoms with E-state index in [-0.39, 0.29) is 5.78 Å². The van der Waals surface area contributed by atoms with Crippen molar-refractivity contribution in [3.05, 3.63) is 28.3 Å². The summed E-state index contributed by atoms with van der Waals surface area (Å²) in [7, 11) is 0. The Kier molecular flexibility index (Phi) is 4.43. The number of ketones is 1. The average molecular weight is 246 g/mol. The molecular weight excluding hydrogens is 233 g/mol. The number of hydrogen-bond donors (Lipinski definition) is 1. The molecule has 82 valence electrons. The third kappa shape index (κ3) is 2.86. The molecule has 0 spiro atoms. The average Bonchev–Trinajstić information content (AvgIpc) is 2.23. The van der Waals surface area contributed by atoms with Crippen molar-refractivity contribution in [3.8, 4) is 0 Å². The lowest BCUT2D eigenvalue weighted by molar-refractivity contribution is 0.0983. The summed E-state index contributed by atoms with van der Waals surface area (Å²) in [5, 5.41) is 0.585. The molecule has 0 heterocycles. The fourth-order valence-corrected chi connectivity index (χ4v) is 1.61. The second kappa shape index (κ2) is 5.38. The lowest BCUT2D eigenvalue weighted by atomic mass is 10.0. The van der Waals surface area contributed by atoms with Crippen molar-refractivity contribution in [1.29, 1.82) is 0 Å². The summed E-state index contributed by atoms with van der Waals surface area (Å²) < 4.78 is 0. The molecule has 0 aliphatic carbocycles. The monoisotopic (exact) mass is 245 g/mol. The smallest absolute Gasteiger partial charge is 0.164 e. The molecule has 0 aliphatic heterocycles. The zero-order chi connectivity index (χ0) is 11.4. The predicted molar refractivity (Wildman–Crippen MR) is 64.9 cm³/mol. The maximum Gasteiger partial charge on any atom is 0.164 e. The maximum atomic E-state index is 11.7. The van der Waals surface area contributed by atoms with Crippen LogP contribution in [0.15, 0.2) is 12.1 Å². The standard InChI is InChI=1S/C11H13Cl2NO/c1-7-9(13)5-4-8(11(7)14)10(15)3-2-6-12/h4-5H,2-3,6,14H2,1H3. The number of nitrogens with two attached hydrogens (primary N) is 1. The van der Waals surface area contributed by atoms with E-state index in [9.17, 15) is 4.79 Å².